The molecule has 0 aromatic carbocycles. The van der Waals surface area contributed by atoms with Crippen molar-refractivity contribution in [2.24, 2.45) is 5.92 Å². The van der Waals surface area contributed by atoms with Crippen LogP contribution in [0.15, 0.2) is 43.0 Å². The number of halogens is 3. The van der Waals surface area contributed by atoms with Crippen molar-refractivity contribution in [3.63, 3.8) is 0 Å². The molecule has 5 heterocycles. The number of amides is 2. The minimum Gasteiger partial charge on any atom is -0.366 e. The summed E-state index contributed by atoms with van der Waals surface area (Å²) in [6.45, 7) is 6.47. The highest BCUT2D eigenvalue weighted by atomic mass is 19.4. The Bertz CT molecular complexity index is 1590. The fourth-order valence-corrected chi connectivity index (χ4v) is 5.29. The lowest BCUT2D eigenvalue weighted by Crippen LogP contribution is -2.39. The first kappa shape index (κ1) is 29.0. The number of anilines is 1. The van der Waals surface area contributed by atoms with Gasteiger partial charge in [-0.3, -0.25) is 19.3 Å². The summed E-state index contributed by atoms with van der Waals surface area (Å²) in [5.74, 6) is -0.324. The zero-order valence-corrected chi connectivity index (χ0v) is 23.5. The van der Waals surface area contributed by atoms with Gasteiger partial charge in [-0.25, -0.2) is 4.52 Å². The van der Waals surface area contributed by atoms with Crippen molar-refractivity contribution in [2.75, 3.05) is 18.8 Å². The highest BCUT2D eigenvalue weighted by molar-refractivity contribution is 6.01. The van der Waals surface area contributed by atoms with E-state index in [1.165, 1.54) is 23.7 Å². The second-order valence-corrected chi connectivity index (χ2v) is 10.6. The first-order valence-electron chi connectivity index (χ1n) is 13.7. The van der Waals surface area contributed by atoms with E-state index >= 15 is 0 Å². The maximum atomic E-state index is 13.2. The van der Waals surface area contributed by atoms with E-state index in [0.29, 0.717) is 53.8 Å². The Morgan fingerprint density at radius 2 is 1.88 bits per heavy atom. The lowest BCUT2D eigenvalue weighted by atomic mass is 9.85. The van der Waals surface area contributed by atoms with Crippen LogP contribution in [0.1, 0.15) is 67.7 Å². The summed E-state index contributed by atoms with van der Waals surface area (Å²) >= 11 is 0. The van der Waals surface area contributed by atoms with Gasteiger partial charge in [0.15, 0.2) is 5.65 Å². The van der Waals surface area contributed by atoms with E-state index in [1.54, 1.807) is 34.2 Å². The predicted octanol–water partition coefficient (Wildman–Crippen LogP) is 3.97. The van der Waals surface area contributed by atoms with Crippen molar-refractivity contribution in [2.45, 2.75) is 58.3 Å². The second-order valence-electron chi connectivity index (χ2n) is 10.6. The van der Waals surface area contributed by atoms with Crippen LogP contribution in [0.25, 0.3) is 16.8 Å². The van der Waals surface area contributed by atoms with Crippen molar-refractivity contribution in [3.8, 4) is 11.1 Å². The van der Waals surface area contributed by atoms with Gasteiger partial charge in [0.05, 0.1) is 17.8 Å². The largest absolute Gasteiger partial charge is 0.433 e. The van der Waals surface area contributed by atoms with Crippen LogP contribution < -0.4 is 11.1 Å². The van der Waals surface area contributed by atoms with Crippen molar-refractivity contribution < 1.29 is 22.8 Å². The lowest BCUT2D eigenvalue weighted by Gasteiger charge is -2.36. The average molecular weight is 584 g/mol. The van der Waals surface area contributed by atoms with Gasteiger partial charge >= 0.3 is 6.18 Å². The lowest BCUT2D eigenvalue weighted by molar-refractivity contribution is -0.141. The van der Waals surface area contributed by atoms with Crippen LogP contribution in [-0.4, -0.2) is 65.2 Å². The normalized spacial score (nSPS) is 16.0. The maximum absolute atomic E-state index is 13.2. The molecule has 0 bridgehead atoms. The molecule has 0 saturated carbocycles. The SMILES string of the molecule is CC[C@H](C)NC(=O)c1cc(-c2cnn([C@H](c3ccc(C(F)(F)F)nc3)C3CCN(C(C)=O)CC3)c2)cn2nc(N)nc12. The third-order valence-corrected chi connectivity index (χ3v) is 7.75. The van der Waals surface area contributed by atoms with E-state index in [1.807, 2.05) is 13.8 Å². The number of nitrogens with zero attached hydrogens (tertiary/aromatic N) is 7. The summed E-state index contributed by atoms with van der Waals surface area (Å²) in [6, 6.07) is 3.62. The number of hydrogen-bond acceptors (Lipinski definition) is 7. The van der Waals surface area contributed by atoms with Gasteiger partial charge in [-0.1, -0.05) is 13.0 Å². The van der Waals surface area contributed by atoms with Crippen LogP contribution in [0, 0.1) is 5.92 Å². The number of aromatic nitrogens is 6. The molecular weight excluding hydrogens is 551 g/mol. The quantitative estimate of drug-likeness (QED) is 0.336. The monoisotopic (exact) mass is 583 g/mol. The van der Waals surface area contributed by atoms with Crippen LogP contribution in [0.2, 0.25) is 0 Å². The number of hydrogen-bond donors (Lipinski definition) is 2. The molecule has 5 rings (SSSR count). The molecule has 1 aliphatic rings. The zero-order valence-electron chi connectivity index (χ0n) is 23.5. The first-order valence-corrected chi connectivity index (χ1v) is 13.7. The number of alkyl halides is 3. The molecule has 2 amide bonds. The van der Waals surface area contributed by atoms with Gasteiger partial charge in [0, 0.05) is 55.8 Å². The van der Waals surface area contributed by atoms with Crippen molar-refractivity contribution in [1.82, 2.24) is 39.6 Å². The third kappa shape index (κ3) is 5.92. The van der Waals surface area contributed by atoms with Gasteiger partial charge in [0.25, 0.3) is 5.91 Å². The van der Waals surface area contributed by atoms with E-state index in [-0.39, 0.29) is 29.7 Å². The smallest absolute Gasteiger partial charge is 0.366 e. The van der Waals surface area contributed by atoms with E-state index in [4.69, 9.17) is 5.73 Å². The summed E-state index contributed by atoms with van der Waals surface area (Å²) in [5.41, 5.74) is 7.35. The van der Waals surface area contributed by atoms with Crippen LogP contribution in [0.3, 0.4) is 0 Å². The molecule has 1 saturated heterocycles. The van der Waals surface area contributed by atoms with Crippen molar-refractivity contribution in [3.05, 3.63) is 59.8 Å². The van der Waals surface area contributed by atoms with E-state index < -0.39 is 17.9 Å². The molecule has 1 fully saturated rings. The number of likely N-dealkylation sites (tertiary alicyclic amines) is 1. The van der Waals surface area contributed by atoms with Gasteiger partial charge in [-0.15, -0.1) is 5.10 Å². The van der Waals surface area contributed by atoms with E-state index in [0.717, 1.165) is 12.5 Å². The molecule has 2 atom stereocenters. The minimum atomic E-state index is -4.55. The van der Waals surface area contributed by atoms with Crippen LogP contribution in [-0.2, 0) is 11.0 Å². The molecule has 4 aromatic rings. The third-order valence-electron chi connectivity index (χ3n) is 7.75. The van der Waals surface area contributed by atoms with E-state index in [9.17, 15) is 22.8 Å². The van der Waals surface area contributed by atoms with Crippen LogP contribution >= 0.6 is 0 Å². The zero-order chi connectivity index (χ0) is 30.2. The Kier molecular flexibility index (Phi) is 7.89. The number of carbonyl (C=O) groups is 2. The van der Waals surface area contributed by atoms with E-state index in [2.05, 4.69) is 25.5 Å². The summed E-state index contributed by atoms with van der Waals surface area (Å²) in [7, 11) is 0. The van der Waals surface area contributed by atoms with Gasteiger partial charge < -0.3 is 16.0 Å². The topological polar surface area (TPSA) is 136 Å². The van der Waals surface area contributed by atoms with Gasteiger partial charge in [0.1, 0.15) is 5.69 Å². The summed E-state index contributed by atoms with van der Waals surface area (Å²) in [5, 5.41) is 11.7. The minimum absolute atomic E-state index is 0.0126. The van der Waals surface area contributed by atoms with Gasteiger partial charge in [-0.05, 0) is 49.8 Å². The number of rotatable bonds is 7. The van der Waals surface area contributed by atoms with Crippen molar-refractivity contribution >= 4 is 23.4 Å². The molecule has 4 aromatic heterocycles. The van der Waals surface area contributed by atoms with Gasteiger partial charge in [0.2, 0.25) is 11.9 Å². The Hall–Kier alpha value is -4.49. The standard InChI is InChI=1S/C28H32F3N9O2/c1-4-16(2)35-26(42)22-11-20(14-40-25(22)36-27(32)37-40)21-13-34-39(15-21)24(18-7-9-38(10-8-18)17(3)41)19-5-6-23(33-12-19)28(29,30)31/h5-6,11-16,18,24H,4,7-10H2,1-3H3,(H2,32,37)(H,35,42)/t16-,24-/m0/s1. The van der Waals surface area contributed by atoms with Crippen LogP contribution in [0.4, 0.5) is 19.1 Å². The number of pyridine rings is 2. The number of nitrogen functional groups attached to an aromatic ring is 1. The first-order chi connectivity index (χ1) is 19.9. The fraction of sp³-hybridized carbons (Fsp3) is 0.429. The molecule has 11 nitrogen and oxygen atoms in total. The molecule has 0 aliphatic carbocycles. The molecule has 0 unspecified atom stereocenters. The van der Waals surface area contributed by atoms with Gasteiger partial charge in [-0.2, -0.15) is 23.3 Å². The highest BCUT2D eigenvalue weighted by Crippen LogP contribution is 2.36. The average Bonchev–Trinajstić information content (AvgIpc) is 3.58. The Labute approximate surface area is 239 Å². The molecule has 1 aliphatic heterocycles. The Balaban J connectivity index is 1.53. The number of piperidine rings is 1. The molecule has 14 heteroatoms. The Morgan fingerprint density at radius 3 is 2.50 bits per heavy atom. The molecule has 0 radical (unpaired) electrons. The molecular formula is C28H32F3N9O2. The Morgan fingerprint density at radius 1 is 1.14 bits per heavy atom. The van der Waals surface area contributed by atoms with Crippen LogP contribution in [0.5, 0.6) is 0 Å². The fourth-order valence-electron chi connectivity index (χ4n) is 5.29. The summed E-state index contributed by atoms with van der Waals surface area (Å²) < 4.78 is 42.9. The summed E-state index contributed by atoms with van der Waals surface area (Å²) in [4.78, 5) is 34.7. The molecule has 0 spiro atoms. The number of carbonyl (C=O) groups excluding carboxylic acids is 2. The number of nitrogens with one attached hydrogen (secondary N) is 1. The second kappa shape index (κ2) is 11.4. The number of nitrogens with two attached hydrogens (primary N) is 1. The molecule has 3 N–H and O–H groups in total. The highest BCUT2D eigenvalue weighted by Gasteiger charge is 2.34. The molecule has 42 heavy (non-hydrogen) atoms. The predicted molar refractivity (Wildman–Crippen MR) is 148 cm³/mol. The maximum Gasteiger partial charge on any atom is 0.433 e. The number of fused-ring (bicyclic) bond motifs is 1. The molecule has 222 valence electrons. The summed E-state index contributed by atoms with van der Waals surface area (Å²) in [6.07, 6.45) is 3.84. The van der Waals surface area contributed by atoms with Crippen molar-refractivity contribution in [1.29, 1.82) is 0 Å².